The molecule has 2 unspecified atom stereocenters. The maximum atomic E-state index is 9.94. The second-order valence-corrected chi connectivity index (χ2v) is 4.09. The van der Waals surface area contributed by atoms with Crippen LogP contribution in [-0.4, -0.2) is 29.9 Å². The molecule has 1 aromatic carbocycles. The molecule has 2 atom stereocenters. The maximum Gasteiger partial charge on any atom is 0.105 e. The fraction of sp³-hybridized carbons (Fsp3) is 0.462. The summed E-state index contributed by atoms with van der Waals surface area (Å²) in [6, 6.07) is 7.21. The second kappa shape index (κ2) is 6.36. The Morgan fingerprint density at radius 1 is 1.41 bits per heavy atom. The Morgan fingerprint density at radius 3 is 2.71 bits per heavy atom. The van der Waals surface area contributed by atoms with Crippen molar-refractivity contribution in [1.29, 1.82) is 5.26 Å². The molecule has 0 fully saturated rings. The molecule has 4 nitrogen and oxygen atoms in total. The van der Waals surface area contributed by atoms with E-state index in [9.17, 15) is 10.2 Å². The summed E-state index contributed by atoms with van der Waals surface area (Å²) < 4.78 is 0. The van der Waals surface area contributed by atoms with Gasteiger partial charge in [-0.3, -0.25) is 0 Å². The molecule has 4 heteroatoms. The van der Waals surface area contributed by atoms with Crippen LogP contribution in [0, 0.1) is 18.3 Å². The Labute approximate surface area is 102 Å². The van der Waals surface area contributed by atoms with E-state index in [0.717, 1.165) is 5.56 Å². The fourth-order valence-electron chi connectivity index (χ4n) is 1.62. The van der Waals surface area contributed by atoms with Crippen molar-refractivity contribution >= 4 is 0 Å². The van der Waals surface area contributed by atoms with Crippen LogP contribution in [0.4, 0.5) is 0 Å². The van der Waals surface area contributed by atoms with Gasteiger partial charge in [0, 0.05) is 0 Å². The second-order valence-electron chi connectivity index (χ2n) is 4.09. The molecule has 0 aliphatic carbocycles. The van der Waals surface area contributed by atoms with Gasteiger partial charge < -0.3 is 15.5 Å². The quantitative estimate of drug-likeness (QED) is 0.706. The van der Waals surface area contributed by atoms with E-state index in [1.807, 2.05) is 6.92 Å². The van der Waals surface area contributed by atoms with Crippen molar-refractivity contribution in [2.24, 2.45) is 0 Å². The van der Waals surface area contributed by atoms with E-state index >= 15 is 0 Å². The molecule has 17 heavy (non-hydrogen) atoms. The lowest BCUT2D eigenvalue weighted by atomic mass is 9.98. The third kappa shape index (κ3) is 3.53. The molecule has 0 radical (unpaired) electrons. The van der Waals surface area contributed by atoms with E-state index in [1.54, 1.807) is 25.2 Å². The molecule has 0 bridgehead atoms. The average molecular weight is 234 g/mol. The number of nitriles is 1. The molecule has 3 N–H and O–H groups in total. The number of aliphatic hydroxyl groups is 2. The van der Waals surface area contributed by atoms with Gasteiger partial charge in [-0.1, -0.05) is 12.1 Å². The highest BCUT2D eigenvalue weighted by Crippen LogP contribution is 2.21. The Bertz CT molecular complexity index is 412. The first-order valence-corrected chi connectivity index (χ1v) is 5.61. The van der Waals surface area contributed by atoms with Gasteiger partial charge >= 0.3 is 0 Å². The fourth-order valence-corrected chi connectivity index (χ4v) is 1.62. The lowest BCUT2D eigenvalue weighted by molar-refractivity contribution is 0.0140. The molecular formula is C13H18N2O2. The summed E-state index contributed by atoms with van der Waals surface area (Å²) in [5.41, 5.74) is 1.98. The lowest BCUT2D eigenvalue weighted by Crippen LogP contribution is -2.23. The normalized spacial score (nSPS) is 14.1. The van der Waals surface area contributed by atoms with Crippen molar-refractivity contribution in [2.75, 3.05) is 13.6 Å². The topological polar surface area (TPSA) is 76.3 Å². The summed E-state index contributed by atoms with van der Waals surface area (Å²) in [4.78, 5) is 0. The first kappa shape index (κ1) is 13.7. The van der Waals surface area contributed by atoms with Crippen LogP contribution in [-0.2, 0) is 0 Å². The van der Waals surface area contributed by atoms with E-state index in [1.165, 1.54) is 0 Å². The Morgan fingerprint density at radius 2 is 2.12 bits per heavy atom. The number of hydrogen-bond donors (Lipinski definition) is 3. The van der Waals surface area contributed by atoms with Crippen LogP contribution in [0.2, 0.25) is 0 Å². The van der Waals surface area contributed by atoms with Crippen molar-refractivity contribution in [3.8, 4) is 6.07 Å². The van der Waals surface area contributed by atoms with Crippen molar-refractivity contribution in [1.82, 2.24) is 5.32 Å². The minimum Gasteiger partial charge on any atom is -0.390 e. The Kier molecular flexibility index (Phi) is 5.11. The number of benzene rings is 1. The van der Waals surface area contributed by atoms with Crippen LogP contribution in [0.15, 0.2) is 18.2 Å². The summed E-state index contributed by atoms with van der Waals surface area (Å²) in [6.45, 7) is 2.47. The number of aliphatic hydroxyl groups excluding tert-OH is 2. The van der Waals surface area contributed by atoms with Gasteiger partial charge in [-0.2, -0.15) is 5.26 Å². The highest BCUT2D eigenvalue weighted by molar-refractivity contribution is 5.40. The van der Waals surface area contributed by atoms with E-state index < -0.39 is 12.2 Å². The Hall–Kier alpha value is -1.41. The standard InChI is InChI=1S/C13H18N2O2/c1-9-3-4-10(7-11(9)8-14)13(17)12(16)5-6-15-2/h3-4,7,12-13,15-17H,5-6H2,1-2H3. The van der Waals surface area contributed by atoms with E-state index in [2.05, 4.69) is 11.4 Å². The number of nitrogens with one attached hydrogen (secondary N) is 1. The number of rotatable bonds is 5. The van der Waals surface area contributed by atoms with E-state index in [4.69, 9.17) is 5.26 Å². The van der Waals surface area contributed by atoms with Crippen molar-refractivity contribution < 1.29 is 10.2 Å². The van der Waals surface area contributed by atoms with Gasteiger partial charge in [-0.25, -0.2) is 0 Å². The zero-order valence-electron chi connectivity index (χ0n) is 10.1. The van der Waals surface area contributed by atoms with Crippen molar-refractivity contribution in [3.63, 3.8) is 0 Å². The highest BCUT2D eigenvalue weighted by atomic mass is 16.3. The van der Waals surface area contributed by atoms with Crippen LogP contribution < -0.4 is 5.32 Å². The molecule has 0 spiro atoms. The molecule has 0 saturated carbocycles. The molecule has 0 aliphatic rings. The van der Waals surface area contributed by atoms with Crippen LogP contribution >= 0.6 is 0 Å². The first-order chi connectivity index (χ1) is 8.10. The highest BCUT2D eigenvalue weighted by Gasteiger charge is 2.18. The molecule has 1 aromatic rings. The van der Waals surface area contributed by atoms with Crippen LogP contribution in [0.5, 0.6) is 0 Å². The summed E-state index contributed by atoms with van der Waals surface area (Å²) >= 11 is 0. The zero-order chi connectivity index (χ0) is 12.8. The molecule has 1 rings (SSSR count). The third-order valence-corrected chi connectivity index (χ3v) is 2.78. The van der Waals surface area contributed by atoms with Gasteiger partial charge in [0.1, 0.15) is 6.10 Å². The minimum atomic E-state index is -0.948. The summed E-state index contributed by atoms with van der Waals surface area (Å²) in [5.74, 6) is 0. The summed E-state index contributed by atoms with van der Waals surface area (Å²) in [5, 5.41) is 31.5. The molecule has 0 saturated heterocycles. The first-order valence-electron chi connectivity index (χ1n) is 5.61. The van der Waals surface area contributed by atoms with Crippen LogP contribution in [0.25, 0.3) is 0 Å². The van der Waals surface area contributed by atoms with Crippen molar-refractivity contribution in [2.45, 2.75) is 25.6 Å². The maximum absolute atomic E-state index is 9.94. The lowest BCUT2D eigenvalue weighted by Gasteiger charge is -2.18. The van der Waals surface area contributed by atoms with Gasteiger partial charge in [0.15, 0.2) is 0 Å². The van der Waals surface area contributed by atoms with Gasteiger partial charge in [-0.05, 0) is 44.1 Å². The molecule has 0 aliphatic heterocycles. The van der Waals surface area contributed by atoms with E-state index in [0.29, 0.717) is 24.1 Å². The molecule has 0 aromatic heterocycles. The number of nitrogens with zero attached hydrogens (tertiary/aromatic N) is 1. The summed E-state index contributed by atoms with van der Waals surface area (Å²) in [6.07, 6.45) is -1.30. The van der Waals surface area contributed by atoms with Gasteiger partial charge in [-0.15, -0.1) is 0 Å². The van der Waals surface area contributed by atoms with E-state index in [-0.39, 0.29) is 0 Å². The summed E-state index contributed by atoms with van der Waals surface area (Å²) in [7, 11) is 1.79. The Balaban J connectivity index is 2.82. The number of aryl methyl sites for hydroxylation is 1. The molecule has 0 heterocycles. The predicted molar refractivity (Wildman–Crippen MR) is 65.4 cm³/mol. The molecule has 0 amide bonds. The average Bonchev–Trinajstić information content (AvgIpc) is 2.35. The van der Waals surface area contributed by atoms with Crippen molar-refractivity contribution in [3.05, 3.63) is 34.9 Å². The molecular weight excluding hydrogens is 216 g/mol. The SMILES string of the molecule is CNCCC(O)C(O)c1ccc(C)c(C#N)c1. The zero-order valence-corrected chi connectivity index (χ0v) is 10.1. The van der Waals surface area contributed by atoms with Gasteiger partial charge in [0.2, 0.25) is 0 Å². The van der Waals surface area contributed by atoms with Gasteiger partial charge in [0.25, 0.3) is 0 Å². The number of hydrogen-bond acceptors (Lipinski definition) is 4. The molecule has 92 valence electrons. The monoisotopic (exact) mass is 234 g/mol. The van der Waals surface area contributed by atoms with Gasteiger partial charge in [0.05, 0.1) is 17.7 Å². The largest absolute Gasteiger partial charge is 0.390 e. The van der Waals surface area contributed by atoms with Crippen LogP contribution in [0.1, 0.15) is 29.2 Å². The smallest absolute Gasteiger partial charge is 0.105 e. The minimum absolute atomic E-state index is 0.466. The van der Waals surface area contributed by atoms with Crippen LogP contribution in [0.3, 0.4) is 0 Å². The predicted octanol–water partition coefficient (Wildman–Crippen LogP) is 0.871. The third-order valence-electron chi connectivity index (χ3n) is 2.78.